The predicted molar refractivity (Wildman–Crippen MR) is 113 cm³/mol. The first-order valence-corrected chi connectivity index (χ1v) is 9.40. The Bertz CT molecular complexity index is 879. The molecule has 0 aliphatic rings. The van der Waals surface area contributed by atoms with Gasteiger partial charge in [-0.25, -0.2) is 9.59 Å². The fraction of sp³-hybridized carbons (Fsp3) is 0.167. The largest absolute Gasteiger partial charge is 0.519 e. The van der Waals surface area contributed by atoms with Crippen molar-refractivity contribution in [2.24, 2.45) is 5.92 Å². The molecule has 0 aromatic heterocycles. The molecule has 0 saturated heterocycles. The number of hydrogen-bond donors (Lipinski definition) is 1. The van der Waals surface area contributed by atoms with Gasteiger partial charge < -0.3 is 19.3 Å². The van der Waals surface area contributed by atoms with E-state index in [1.54, 1.807) is 60.7 Å². The van der Waals surface area contributed by atoms with Crippen LogP contribution in [0.2, 0.25) is 0 Å². The molecule has 0 saturated carbocycles. The van der Waals surface area contributed by atoms with Gasteiger partial charge >= 0.3 is 12.1 Å². The van der Waals surface area contributed by atoms with Crippen LogP contribution in [0.25, 0.3) is 0 Å². The molecule has 0 fully saturated rings. The summed E-state index contributed by atoms with van der Waals surface area (Å²) in [6.07, 6.45) is -0.739. The highest BCUT2D eigenvalue weighted by atomic mass is 16.7. The predicted octanol–water partition coefficient (Wildman–Crippen LogP) is 5.47. The number of ether oxygens (including phenoxy) is 3. The summed E-state index contributed by atoms with van der Waals surface area (Å²) in [4.78, 5) is 22.7. The normalized spacial score (nSPS) is 9.83. The Morgan fingerprint density at radius 3 is 1.70 bits per heavy atom. The van der Waals surface area contributed by atoms with Crippen molar-refractivity contribution in [1.82, 2.24) is 0 Å². The first-order valence-electron chi connectivity index (χ1n) is 9.40. The highest BCUT2D eigenvalue weighted by molar-refractivity contribution is 5.92. The van der Waals surface area contributed by atoms with Gasteiger partial charge in [-0.3, -0.25) is 0 Å². The van der Waals surface area contributed by atoms with Crippen molar-refractivity contribution in [3.63, 3.8) is 0 Å². The lowest BCUT2D eigenvalue weighted by Gasteiger charge is -2.07. The van der Waals surface area contributed by atoms with Crippen molar-refractivity contribution < 1.29 is 28.9 Å². The van der Waals surface area contributed by atoms with Crippen molar-refractivity contribution in [2.75, 3.05) is 6.61 Å². The lowest BCUT2D eigenvalue weighted by Crippen LogP contribution is -2.13. The standard InChI is InChI=1S/C13H10O3.C11H14O3/c14-13(15-11-7-3-1-4-8-11)16-12-9-5-2-6-10-12;1-8(2)7-14-11(13)9-5-3-4-6-10(9)12/h1-10H;3-6,8,12H,7H2,1-2H3. The number of aromatic hydroxyl groups is 1. The first-order chi connectivity index (χ1) is 14.5. The minimum atomic E-state index is -0.739. The molecule has 0 amide bonds. The number of rotatable bonds is 5. The molecule has 30 heavy (non-hydrogen) atoms. The van der Waals surface area contributed by atoms with E-state index in [9.17, 15) is 14.7 Å². The Hall–Kier alpha value is -3.80. The zero-order valence-corrected chi connectivity index (χ0v) is 16.9. The maximum absolute atomic E-state index is 11.4. The van der Waals surface area contributed by atoms with E-state index in [1.807, 2.05) is 26.0 Å². The number of benzene rings is 3. The van der Waals surface area contributed by atoms with Crippen LogP contribution in [0.15, 0.2) is 84.9 Å². The molecule has 3 aromatic carbocycles. The summed E-state index contributed by atoms with van der Waals surface area (Å²) in [5, 5.41) is 9.35. The quantitative estimate of drug-likeness (QED) is 0.445. The maximum Gasteiger partial charge on any atom is 0.519 e. The molecule has 6 heteroatoms. The van der Waals surface area contributed by atoms with Crippen LogP contribution >= 0.6 is 0 Å². The topological polar surface area (TPSA) is 82.1 Å². The number of hydrogen-bond acceptors (Lipinski definition) is 6. The summed E-state index contributed by atoms with van der Waals surface area (Å²) in [6.45, 7) is 4.28. The van der Waals surface area contributed by atoms with Gasteiger partial charge in [0.2, 0.25) is 0 Å². The molecule has 0 heterocycles. The number of carbonyl (C=O) groups is 2. The van der Waals surface area contributed by atoms with Crippen LogP contribution in [-0.4, -0.2) is 23.8 Å². The lowest BCUT2D eigenvalue weighted by atomic mass is 10.2. The van der Waals surface area contributed by atoms with Crippen LogP contribution in [0.4, 0.5) is 4.79 Å². The number of phenols is 1. The third-order valence-electron chi connectivity index (χ3n) is 3.56. The van der Waals surface area contributed by atoms with E-state index in [-0.39, 0.29) is 11.3 Å². The molecule has 3 aromatic rings. The minimum Gasteiger partial charge on any atom is -0.507 e. The van der Waals surface area contributed by atoms with Crippen LogP contribution in [-0.2, 0) is 4.74 Å². The maximum atomic E-state index is 11.4. The Morgan fingerprint density at radius 2 is 1.23 bits per heavy atom. The van der Waals surface area contributed by atoms with Gasteiger partial charge in [0.05, 0.1) is 6.61 Å². The van der Waals surface area contributed by atoms with Gasteiger partial charge in [0.1, 0.15) is 22.8 Å². The third-order valence-corrected chi connectivity index (χ3v) is 3.56. The Morgan fingerprint density at radius 1 is 0.767 bits per heavy atom. The second kappa shape index (κ2) is 11.9. The second-order valence-corrected chi connectivity index (χ2v) is 6.59. The lowest BCUT2D eigenvalue weighted by molar-refractivity contribution is 0.0455. The van der Waals surface area contributed by atoms with Crippen molar-refractivity contribution in [3.8, 4) is 17.2 Å². The molecule has 0 aliphatic heterocycles. The Kier molecular flexibility index (Phi) is 8.93. The fourth-order valence-electron chi connectivity index (χ4n) is 2.16. The summed E-state index contributed by atoms with van der Waals surface area (Å²) in [5.41, 5.74) is 0.216. The van der Waals surface area contributed by atoms with Gasteiger partial charge in [0, 0.05) is 0 Å². The van der Waals surface area contributed by atoms with Crippen LogP contribution in [0.5, 0.6) is 17.2 Å². The molecule has 0 aliphatic carbocycles. The van der Waals surface area contributed by atoms with Crippen molar-refractivity contribution in [3.05, 3.63) is 90.5 Å². The van der Waals surface area contributed by atoms with Gasteiger partial charge in [0.25, 0.3) is 0 Å². The average molecular weight is 408 g/mol. The third kappa shape index (κ3) is 8.06. The van der Waals surface area contributed by atoms with E-state index >= 15 is 0 Å². The van der Waals surface area contributed by atoms with Gasteiger partial charge in [-0.15, -0.1) is 0 Å². The molecule has 0 radical (unpaired) electrons. The molecule has 0 spiro atoms. The zero-order valence-electron chi connectivity index (χ0n) is 16.9. The van der Waals surface area contributed by atoms with Crippen LogP contribution < -0.4 is 9.47 Å². The van der Waals surface area contributed by atoms with E-state index in [0.717, 1.165) is 0 Å². The second-order valence-electron chi connectivity index (χ2n) is 6.59. The first kappa shape index (κ1) is 22.5. The average Bonchev–Trinajstić information content (AvgIpc) is 2.74. The van der Waals surface area contributed by atoms with Crippen molar-refractivity contribution >= 4 is 12.1 Å². The van der Waals surface area contributed by atoms with Gasteiger partial charge in [-0.1, -0.05) is 62.4 Å². The van der Waals surface area contributed by atoms with Crippen LogP contribution in [0.3, 0.4) is 0 Å². The van der Waals surface area contributed by atoms with E-state index in [1.165, 1.54) is 12.1 Å². The molecule has 156 valence electrons. The summed E-state index contributed by atoms with van der Waals surface area (Å²) < 4.78 is 14.9. The summed E-state index contributed by atoms with van der Waals surface area (Å²) in [7, 11) is 0. The van der Waals surface area contributed by atoms with Crippen LogP contribution in [0, 0.1) is 5.92 Å². The molecule has 1 N–H and O–H groups in total. The number of phenolic OH excluding ortho intramolecular Hbond substituents is 1. The van der Waals surface area contributed by atoms with E-state index in [0.29, 0.717) is 24.0 Å². The fourth-order valence-corrected chi connectivity index (χ4v) is 2.16. The van der Waals surface area contributed by atoms with E-state index < -0.39 is 12.1 Å². The van der Waals surface area contributed by atoms with Crippen LogP contribution in [0.1, 0.15) is 24.2 Å². The van der Waals surface area contributed by atoms with Gasteiger partial charge in [-0.2, -0.15) is 0 Å². The van der Waals surface area contributed by atoms with Crippen molar-refractivity contribution in [2.45, 2.75) is 13.8 Å². The monoisotopic (exact) mass is 408 g/mol. The van der Waals surface area contributed by atoms with Gasteiger partial charge in [-0.05, 0) is 42.3 Å². The molecule has 0 atom stereocenters. The highest BCUT2D eigenvalue weighted by Crippen LogP contribution is 2.17. The molecule has 0 unspecified atom stereocenters. The molecular weight excluding hydrogens is 384 g/mol. The van der Waals surface area contributed by atoms with E-state index in [4.69, 9.17) is 14.2 Å². The number of para-hydroxylation sites is 3. The Balaban J connectivity index is 0.000000216. The number of esters is 1. The smallest absolute Gasteiger partial charge is 0.507 e. The molecule has 6 nitrogen and oxygen atoms in total. The molecular formula is C24H24O6. The number of carbonyl (C=O) groups excluding carboxylic acids is 2. The van der Waals surface area contributed by atoms with Gasteiger partial charge in [0.15, 0.2) is 0 Å². The molecule has 0 bridgehead atoms. The highest BCUT2D eigenvalue weighted by Gasteiger charge is 2.11. The minimum absolute atomic E-state index is 0.0405. The zero-order chi connectivity index (χ0) is 21.8. The summed E-state index contributed by atoms with van der Waals surface area (Å²) in [6, 6.07) is 23.9. The SMILES string of the molecule is CC(C)COC(=O)c1ccccc1O.O=C(Oc1ccccc1)Oc1ccccc1. The molecule has 3 rings (SSSR count). The van der Waals surface area contributed by atoms with Crippen molar-refractivity contribution in [1.29, 1.82) is 0 Å². The Labute approximate surface area is 175 Å². The van der Waals surface area contributed by atoms with E-state index in [2.05, 4.69) is 0 Å². The summed E-state index contributed by atoms with van der Waals surface area (Å²) >= 11 is 0. The summed E-state index contributed by atoms with van der Waals surface area (Å²) in [5.74, 6) is 0.703.